The van der Waals surface area contributed by atoms with Crippen molar-refractivity contribution in [3.05, 3.63) is 23.8 Å². The molecule has 0 spiro atoms. The van der Waals surface area contributed by atoms with Crippen LogP contribution < -0.4 is 5.73 Å². The molecule has 1 heterocycles. The van der Waals surface area contributed by atoms with Crippen molar-refractivity contribution in [2.45, 2.75) is 6.18 Å². The molecule has 0 fully saturated rings. The summed E-state index contributed by atoms with van der Waals surface area (Å²) in [6.07, 6.45) is -3.70. The second-order valence-electron chi connectivity index (χ2n) is 2.25. The van der Waals surface area contributed by atoms with Crippen molar-refractivity contribution in [3.8, 4) is 0 Å². The van der Waals surface area contributed by atoms with Crippen LogP contribution in [-0.2, 0) is 6.18 Å². The molecule has 5 nitrogen and oxygen atoms in total. The van der Waals surface area contributed by atoms with Crippen molar-refractivity contribution < 1.29 is 18.4 Å². The molecule has 0 atom stereocenters. The fourth-order valence-electron chi connectivity index (χ4n) is 0.685. The first-order valence-corrected chi connectivity index (χ1v) is 3.33. The minimum absolute atomic E-state index is 0.470. The van der Waals surface area contributed by atoms with E-state index in [0.717, 1.165) is 6.20 Å². The van der Waals surface area contributed by atoms with Crippen LogP contribution in [0.15, 0.2) is 17.4 Å². The molecule has 0 unspecified atom stereocenters. The quantitative estimate of drug-likeness (QED) is 0.305. The van der Waals surface area contributed by atoms with Gasteiger partial charge in [-0.3, -0.25) is 0 Å². The lowest BCUT2D eigenvalue weighted by Gasteiger charge is -2.05. The number of alkyl halides is 3. The van der Waals surface area contributed by atoms with Gasteiger partial charge in [-0.1, -0.05) is 5.16 Å². The Labute approximate surface area is 76.1 Å². The van der Waals surface area contributed by atoms with Gasteiger partial charge in [0.1, 0.15) is 5.69 Å². The predicted octanol–water partition coefficient (Wildman–Crippen LogP) is 0.590. The molecule has 0 aliphatic carbocycles. The number of nitrogens with two attached hydrogens (primary N) is 1. The van der Waals surface area contributed by atoms with Crippen LogP contribution in [0.25, 0.3) is 0 Å². The molecule has 76 valence electrons. The summed E-state index contributed by atoms with van der Waals surface area (Å²) >= 11 is 0. The van der Waals surface area contributed by atoms with Gasteiger partial charge in [0.15, 0.2) is 5.82 Å². The monoisotopic (exact) mass is 206 g/mol. The van der Waals surface area contributed by atoms with E-state index in [1.807, 2.05) is 0 Å². The lowest BCUT2D eigenvalue weighted by atomic mass is 10.4. The molecule has 1 aromatic rings. The largest absolute Gasteiger partial charge is 0.433 e. The fourth-order valence-corrected chi connectivity index (χ4v) is 0.685. The fraction of sp³-hybridized carbons (Fsp3) is 0.167. The summed E-state index contributed by atoms with van der Waals surface area (Å²) in [6.45, 7) is 0. The molecule has 8 heteroatoms. The molecule has 0 radical (unpaired) electrons. The van der Waals surface area contributed by atoms with Gasteiger partial charge in [-0.2, -0.15) is 13.2 Å². The Bertz CT molecular complexity index is 362. The van der Waals surface area contributed by atoms with Crippen molar-refractivity contribution in [2.75, 3.05) is 0 Å². The van der Waals surface area contributed by atoms with Crippen LogP contribution in [-0.4, -0.2) is 21.0 Å². The first-order chi connectivity index (χ1) is 6.45. The SMILES string of the molecule is N/C(=N/O)c1nccc(C(F)(F)F)n1. The van der Waals surface area contributed by atoms with Crippen molar-refractivity contribution in [3.63, 3.8) is 0 Å². The van der Waals surface area contributed by atoms with Gasteiger partial charge in [-0.05, 0) is 6.07 Å². The summed E-state index contributed by atoms with van der Waals surface area (Å²) in [6, 6.07) is 0.689. The standard InChI is InChI=1S/C6H5F3N4O/c7-6(8,9)3-1-2-11-5(12-3)4(10)13-14/h1-2,14H,(H2,10,13). The van der Waals surface area contributed by atoms with E-state index < -0.39 is 23.5 Å². The second-order valence-corrected chi connectivity index (χ2v) is 2.25. The molecule has 3 N–H and O–H groups in total. The average molecular weight is 206 g/mol. The van der Waals surface area contributed by atoms with Gasteiger partial charge in [0.05, 0.1) is 0 Å². The maximum Gasteiger partial charge on any atom is 0.433 e. The minimum atomic E-state index is -4.58. The minimum Gasteiger partial charge on any atom is -0.409 e. The number of hydrogen-bond acceptors (Lipinski definition) is 4. The number of nitrogens with zero attached hydrogens (tertiary/aromatic N) is 3. The first kappa shape index (κ1) is 10.2. The van der Waals surface area contributed by atoms with E-state index in [-0.39, 0.29) is 0 Å². The van der Waals surface area contributed by atoms with Crippen LogP contribution in [0.4, 0.5) is 13.2 Å². The number of amidine groups is 1. The molecule has 0 bridgehead atoms. The van der Waals surface area contributed by atoms with Crippen molar-refractivity contribution in [1.29, 1.82) is 0 Å². The number of aromatic nitrogens is 2. The zero-order valence-electron chi connectivity index (χ0n) is 6.65. The molecule has 14 heavy (non-hydrogen) atoms. The second kappa shape index (κ2) is 3.48. The summed E-state index contributed by atoms with van der Waals surface area (Å²) in [5.74, 6) is -1.04. The normalized spacial score (nSPS) is 12.9. The van der Waals surface area contributed by atoms with Crippen LogP contribution in [0.2, 0.25) is 0 Å². The lowest BCUT2D eigenvalue weighted by molar-refractivity contribution is -0.141. The zero-order valence-corrected chi connectivity index (χ0v) is 6.65. The van der Waals surface area contributed by atoms with E-state index in [1.54, 1.807) is 0 Å². The highest BCUT2D eigenvalue weighted by atomic mass is 19.4. The third-order valence-electron chi connectivity index (χ3n) is 1.28. The Kier molecular flexibility index (Phi) is 2.54. The zero-order chi connectivity index (χ0) is 10.8. The topological polar surface area (TPSA) is 84.4 Å². The molecule has 0 saturated carbocycles. The predicted molar refractivity (Wildman–Crippen MR) is 39.5 cm³/mol. The highest BCUT2D eigenvalue weighted by molar-refractivity contribution is 5.93. The average Bonchev–Trinajstić information content (AvgIpc) is 2.15. The molecule has 0 aliphatic rings. The Morgan fingerprint density at radius 1 is 1.50 bits per heavy atom. The third-order valence-corrected chi connectivity index (χ3v) is 1.28. The molecule has 0 saturated heterocycles. The molecular formula is C6H5F3N4O. The van der Waals surface area contributed by atoms with Crippen LogP contribution in [0, 0.1) is 0 Å². The van der Waals surface area contributed by atoms with Gasteiger partial charge in [-0.15, -0.1) is 0 Å². The molecule has 1 aromatic heterocycles. The summed E-state index contributed by atoms with van der Waals surface area (Å²) in [5, 5.41) is 10.7. The first-order valence-electron chi connectivity index (χ1n) is 3.33. The van der Waals surface area contributed by atoms with Gasteiger partial charge in [0.2, 0.25) is 5.84 Å². The third kappa shape index (κ3) is 2.09. The van der Waals surface area contributed by atoms with E-state index in [4.69, 9.17) is 10.9 Å². The van der Waals surface area contributed by atoms with Crippen LogP contribution in [0.3, 0.4) is 0 Å². The number of rotatable bonds is 1. The summed E-state index contributed by atoms with van der Waals surface area (Å²) in [4.78, 5) is 6.46. The van der Waals surface area contributed by atoms with Gasteiger partial charge in [-0.25, -0.2) is 9.97 Å². The summed E-state index contributed by atoms with van der Waals surface area (Å²) in [5.41, 5.74) is 3.87. The van der Waals surface area contributed by atoms with Crippen LogP contribution >= 0.6 is 0 Å². The maximum atomic E-state index is 12.1. The lowest BCUT2D eigenvalue weighted by Crippen LogP contribution is -2.19. The highest BCUT2D eigenvalue weighted by Gasteiger charge is 2.32. The van der Waals surface area contributed by atoms with Crippen molar-refractivity contribution >= 4 is 5.84 Å². The molecule has 0 aromatic carbocycles. The van der Waals surface area contributed by atoms with Crippen molar-refractivity contribution in [1.82, 2.24) is 9.97 Å². The number of halogens is 3. The number of hydrogen-bond donors (Lipinski definition) is 2. The Morgan fingerprint density at radius 2 is 2.14 bits per heavy atom. The van der Waals surface area contributed by atoms with E-state index in [0.29, 0.717) is 6.07 Å². The van der Waals surface area contributed by atoms with Gasteiger partial charge >= 0.3 is 6.18 Å². The molecule has 0 aliphatic heterocycles. The van der Waals surface area contributed by atoms with Gasteiger partial charge in [0.25, 0.3) is 0 Å². The molecular weight excluding hydrogens is 201 g/mol. The van der Waals surface area contributed by atoms with Crippen molar-refractivity contribution in [2.24, 2.45) is 10.9 Å². The molecule has 0 amide bonds. The van der Waals surface area contributed by atoms with Crippen LogP contribution in [0.5, 0.6) is 0 Å². The van der Waals surface area contributed by atoms with E-state index in [2.05, 4.69) is 15.1 Å². The Morgan fingerprint density at radius 3 is 2.64 bits per heavy atom. The maximum absolute atomic E-state index is 12.1. The molecule has 1 rings (SSSR count). The summed E-state index contributed by atoms with van der Waals surface area (Å²) < 4.78 is 36.3. The Hall–Kier alpha value is -1.86. The van der Waals surface area contributed by atoms with Gasteiger partial charge < -0.3 is 10.9 Å². The van der Waals surface area contributed by atoms with Gasteiger partial charge in [0, 0.05) is 6.20 Å². The van der Waals surface area contributed by atoms with E-state index >= 15 is 0 Å². The summed E-state index contributed by atoms with van der Waals surface area (Å²) in [7, 11) is 0. The van der Waals surface area contributed by atoms with E-state index in [1.165, 1.54) is 0 Å². The Balaban J connectivity index is 3.14. The van der Waals surface area contributed by atoms with E-state index in [9.17, 15) is 13.2 Å². The smallest absolute Gasteiger partial charge is 0.409 e. The number of oxime groups is 1. The highest BCUT2D eigenvalue weighted by Crippen LogP contribution is 2.26. The van der Waals surface area contributed by atoms with Crippen LogP contribution in [0.1, 0.15) is 11.5 Å².